The molecule has 4 heterocycles. The third kappa shape index (κ3) is 6.03. The summed E-state index contributed by atoms with van der Waals surface area (Å²) in [5, 5.41) is 3.41. The van der Waals surface area contributed by atoms with E-state index in [2.05, 4.69) is 26.5 Å². The largest absolute Gasteiger partial charge is 0.441 e. The highest BCUT2D eigenvalue weighted by atomic mass is 35.5. The second kappa shape index (κ2) is 11.3. The number of oxazole rings is 1. The predicted octanol–water partition coefficient (Wildman–Crippen LogP) is 5.81. The molecule has 2 aliphatic heterocycles. The summed E-state index contributed by atoms with van der Waals surface area (Å²) in [6.07, 6.45) is 5.79. The number of hydrogen-bond donors (Lipinski definition) is 1. The van der Waals surface area contributed by atoms with Gasteiger partial charge in [0.05, 0.1) is 12.7 Å². The lowest BCUT2D eigenvalue weighted by atomic mass is 10.1. The Hall–Kier alpha value is -2.20. The number of thiazole rings is 1. The van der Waals surface area contributed by atoms with Crippen LogP contribution in [0, 0.1) is 12.7 Å². The third-order valence-electron chi connectivity index (χ3n) is 5.04. The van der Waals surface area contributed by atoms with Gasteiger partial charge in [-0.25, -0.2) is 14.4 Å². The molecule has 1 aromatic carbocycles. The number of nitrogens with zero attached hydrogens (tertiary/aromatic N) is 4. The topological polar surface area (TPSA) is 66.5 Å². The van der Waals surface area contributed by atoms with E-state index in [1.807, 2.05) is 36.6 Å². The molecule has 0 spiro atoms. The third-order valence-corrected chi connectivity index (χ3v) is 7.16. The standard InChI is InChI=1S/C17H21N5OS2.C6H4ClF/c1-3-5-25-21-12-7-14-13(15-9-19-11(2)23-15)8-20-16(22(14)10-12)17-18-4-6-24-17;7-5-2-1-3-6(8)4-5/h4,6,9,12,21H,3,5,7-8,10H2,1-2H3;1-4H. The summed E-state index contributed by atoms with van der Waals surface area (Å²) in [7, 11) is 0. The molecule has 0 aliphatic carbocycles. The number of aryl methyl sites for hydroxylation is 1. The van der Waals surface area contributed by atoms with Crippen molar-refractivity contribution in [2.75, 3.05) is 18.8 Å². The Bertz CT molecular complexity index is 1110. The average Bonchev–Trinajstić information content (AvgIpc) is 3.54. The van der Waals surface area contributed by atoms with Crippen molar-refractivity contribution >= 4 is 46.3 Å². The average molecular weight is 506 g/mol. The van der Waals surface area contributed by atoms with Crippen LogP contribution in [0.4, 0.5) is 4.39 Å². The second-order valence-electron chi connectivity index (χ2n) is 7.56. The molecule has 2 aromatic heterocycles. The Morgan fingerprint density at radius 2 is 2.24 bits per heavy atom. The first kappa shape index (κ1) is 23.9. The number of halogens is 2. The predicted molar refractivity (Wildman–Crippen MR) is 134 cm³/mol. The first-order valence-corrected chi connectivity index (χ1v) is 12.9. The molecule has 0 radical (unpaired) electrons. The van der Waals surface area contributed by atoms with Gasteiger partial charge >= 0.3 is 0 Å². The number of aromatic nitrogens is 2. The molecule has 5 rings (SSSR count). The molecule has 1 N–H and O–H groups in total. The van der Waals surface area contributed by atoms with Gasteiger partial charge < -0.3 is 9.32 Å². The van der Waals surface area contributed by atoms with E-state index in [0.29, 0.717) is 23.5 Å². The van der Waals surface area contributed by atoms with Crippen LogP contribution in [0.15, 0.2) is 57.1 Å². The number of nitrogens with one attached hydrogen (secondary N) is 1. The van der Waals surface area contributed by atoms with Gasteiger partial charge in [0.1, 0.15) is 5.82 Å². The van der Waals surface area contributed by atoms with Gasteiger partial charge in [-0.05, 0) is 24.6 Å². The van der Waals surface area contributed by atoms with Gasteiger partial charge in [0.15, 0.2) is 22.5 Å². The molecule has 0 saturated carbocycles. The second-order valence-corrected chi connectivity index (χ2v) is 9.83. The zero-order valence-corrected chi connectivity index (χ0v) is 20.8. The van der Waals surface area contributed by atoms with Crippen LogP contribution < -0.4 is 4.72 Å². The van der Waals surface area contributed by atoms with Gasteiger partial charge in [-0.1, -0.05) is 36.5 Å². The van der Waals surface area contributed by atoms with E-state index in [1.54, 1.807) is 23.5 Å². The normalized spacial score (nSPS) is 17.5. The number of rotatable bonds is 6. The van der Waals surface area contributed by atoms with Crippen molar-refractivity contribution in [1.29, 1.82) is 0 Å². The van der Waals surface area contributed by atoms with Gasteiger partial charge in [-0.3, -0.25) is 9.71 Å². The van der Waals surface area contributed by atoms with Crippen LogP contribution in [0.25, 0.3) is 5.57 Å². The summed E-state index contributed by atoms with van der Waals surface area (Å²) >= 11 is 8.85. The van der Waals surface area contributed by atoms with Crippen LogP contribution >= 0.6 is 34.9 Å². The number of benzene rings is 1. The summed E-state index contributed by atoms with van der Waals surface area (Å²) in [5.74, 6) is 3.33. The van der Waals surface area contributed by atoms with E-state index < -0.39 is 0 Å². The maximum atomic E-state index is 12.1. The molecule has 1 atom stereocenters. The van der Waals surface area contributed by atoms with Crippen LogP contribution in [-0.2, 0) is 0 Å². The zero-order chi connectivity index (χ0) is 23.2. The van der Waals surface area contributed by atoms with Gasteiger partial charge in [0.25, 0.3) is 0 Å². The fraction of sp³-hybridized carbons (Fsp3) is 0.348. The Morgan fingerprint density at radius 3 is 2.88 bits per heavy atom. The SMILES string of the molecule is CCCSNC1CC2=C(c3cnc(C)o3)CN=C(c3nccs3)N2C1.Fc1cccc(Cl)c1. The van der Waals surface area contributed by atoms with Crippen molar-refractivity contribution < 1.29 is 8.81 Å². The van der Waals surface area contributed by atoms with E-state index in [9.17, 15) is 4.39 Å². The van der Waals surface area contributed by atoms with E-state index in [-0.39, 0.29) is 5.82 Å². The quantitative estimate of drug-likeness (QED) is 0.337. The number of hydrogen-bond acceptors (Lipinski definition) is 8. The number of fused-ring (bicyclic) bond motifs is 1. The van der Waals surface area contributed by atoms with Gasteiger partial charge in [-0.15, -0.1) is 11.3 Å². The first-order valence-electron chi connectivity index (χ1n) is 10.7. The molecular formula is C23H25ClFN5OS2. The molecular weight excluding hydrogens is 481 g/mol. The molecule has 33 heavy (non-hydrogen) atoms. The highest BCUT2D eigenvalue weighted by molar-refractivity contribution is 7.97. The summed E-state index contributed by atoms with van der Waals surface area (Å²) in [5.41, 5.74) is 2.43. The van der Waals surface area contributed by atoms with Crippen molar-refractivity contribution in [3.63, 3.8) is 0 Å². The molecule has 0 amide bonds. The highest BCUT2D eigenvalue weighted by Crippen LogP contribution is 2.36. The molecule has 1 saturated heterocycles. The molecule has 0 bridgehead atoms. The minimum absolute atomic E-state index is 0.294. The Labute approximate surface area is 206 Å². The van der Waals surface area contributed by atoms with Crippen molar-refractivity contribution in [2.24, 2.45) is 4.99 Å². The monoisotopic (exact) mass is 505 g/mol. The number of aliphatic imine (C=N–C) groups is 1. The van der Waals surface area contributed by atoms with Gasteiger partial charge in [0, 0.05) is 59.6 Å². The van der Waals surface area contributed by atoms with E-state index in [1.165, 1.54) is 24.3 Å². The Balaban J connectivity index is 0.000000275. The summed E-state index contributed by atoms with van der Waals surface area (Å²) < 4.78 is 21.5. The van der Waals surface area contributed by atoms with Crippen LogP contribution in [-0.4, -0.2) is 45.6 Å². The molecule has 6 nitrogen and oxygen atoms in total. The molecule has 174 valence electrons. The Morgan fingerprint density at radius 1 is 1.36 bits per heavy atom. The summed E-state index contributed by atoms with van der Waals surface area (Å²) in [4.78, 5) is 15.8. The maximum Gasteiger partial charge on any atom is 0.191 e. The fourth-order valence-electron chi connectivity index (χ4n) is 3.63. The van der Waals surface area contributed by atoms with E-state index >= 15 is 0 Å². The van der Waals surface area contributed by atoms with Crippen molar-refractivity contribution in [3.05, 3.63) is 75.2 Å². The zero-order valence-electron chi connectivity index (χ0n) is 18.4. The lowest BCUT2D eigenvalue weighted by Crippen LogP contribution is -2.34. The van der Waals surface area contributed by atoms with Crippen LogP contribution in [0.2, 0.25) is 5.02 Å². The maximum absolute atomic E-state index is 12.1. The van der Waals surface area contributed by atoms with Crippen molar-refractivity contribution in [1.82, 2.24) is 19.6 Å². The summed E-state index contributed by atoms with van der Waals surface area (Å²) in [6, 6.07) is 6.21. The van der Waals surface area contributed by atoms with Crippen LogP contribution in [0.5, 0.6) is 0 Å². The van der Waals surface area contributed by atoms with Gasteiger partial charge in [-0.2, -0.15) is 0 Å². The van der Waals surface area contributed by atoms with E-state index in [4.69, 9.17) is 21.0 Å². The minimum atomic E-state index is -0.294. The molecule has 3 aromatic rings. The van der Waals surface area contributed by atoms with Crippen LogP contribution in [0.1, 0.15) is 36.4 Å². The fourth-order valence-corrected chi connectivity index (χ4v) is 5.17. The van der Waals surface area contributed by atoms with Crippen molar-refractivity contribution in [2.45, 2.75) is 32.7 Å². The molecule has 2 aliphatic rings. The molecule has 1 unspecified atom stereocenters. The van der Waals surface area contributed by atoms with E-state index in [0.717, 1.165) is 40.9 Å². The minimum Gasteiger partial charge on any atom is -0.441 e. The molecule has 1 fully saturated rings. The smallest absolute Gasteiger partial charge is 0.191 e. The van der Waals surface area contributed by atoms with Crippen LogP contribution in [0.3, 0.4) is 0 Å². The lowest BCUT2D eigenvalue weighted by molar-refractivity contribution is 0.501. The number of amidine groups is 1. The lowest BCUT2D eigenvalue weighted by Gasteiger charge is -2.26. The molecule has 10 heteroatoms. The summed E-state index contributed by atoms with van der Waals surface area (Å²) in [6.45, 7) is 5.60. The Kier molecular flexibility index (Phi) is 8.19. The van der Waals surface area contributed by atoms with Gasteiger partial charge in [0.2, 0.25) is 0 Å². The first-order chi connectivity index (χ1) is 16.0. The highest BCUT2D eigenvalue weighted by Gasteiger charge is 2.36. The van der Waals surface area contributed by atoms with Crippen molar-refractivity contribution in [3.8, 4) is 0 Å².